The molecule has 0 saturated carbocycles. The molecular formula is C15H30N2. The van der Waals surface area contributed by atoms with E-state index in [1.165, 1.54) is 64.7 Å². The van der Waals surface area contributed by atoms with Gasteiger partial charge in [-0.1, -0.05) is 6.92 Å². The van der Waals surface area contributed by atoms with Crippen LogP contribution in [0, 0.1) is 11.8 Å². The Labute approximate surface area is 107 Å². The van der Waals surface area contributed by atoms with E-state index in [0.29, 0.717) is 0 Å². The van der Waals surface area contributed by atoms with E-state index in [1.807, 2.05) is 0 Å². The van der Waals surface area contributed by atoms with Crippen LogP contribution < -0.4 is 5.32 Å². The molecule has 17 heavy (non-hydrogen) atoms. The van der Waals surface area contributed by atoms with E-state index in [-0.39, 0.29) is 0 Å². The number of nitrogens with zero attached hydrogens (tertiary/aromatic N) is 1. The molecule has 0 aromatic carbocycles. The molecule has 2 rings (SSSR count). The highest BCUT2D eigenvalue weighted by molar-refractivity contribution is 4.77. The predicted molar refractivity (Wildman–Crippen MR) is 74.3 cm³/mol. The number of likely N-dealkylation sites (tertiary alicyclic amines) is 1. The second-order valence-corrected chi connectivity index (χ2v) is 6.37. The third-order valence-electron chi connectivity index (χ3n) is 4.73. The van der Waals surface area contributed by atoms with Crippen LogP contribution in [0.2, 0.25) is 0 Å². The maximum atomic E-state index is 3.52. The Morgan fingerprint density at radius 3 is 2.82 bits per heavy atom. The minimum atomic E-state index is 0.822. The summed E-state index contributed by atoms with van der Waals surface area (Å²) in [5.74, 6) is 1.91. The third kappa shape index (κ3) is 4.26. The molecule has 2 heteroatoms. The van der Waals surface area contributed by atoms with Gasteiger partial charge < -0.3 is 10.2 Å². The molecule has 2 heterocycles. The van der Waals surface area contributed by atoms with Crippen molar-refractivity contribution in [3.63, 3.8) is 0 Å². The van der Waals surface area contributed by atoms with Crippen molar-refractivity contribution < 1.29 is 0 Å². The van der Waals surface area contributed by atoms with Gasteiger partial charge in [-0.3, -0.25) is 0 Å². The van der Waals surface area contributed by atoms with Crippen molar-refractivity contribution in [2.75, 3.05) is 26.2 Å². The van der Waals surface area contributed by atoms with Crippen LogP contribution in [0.15, 0.2) is 0 Å². The second kappa shape index (κ2) is 6.75. The van der Waals surface area contributed by atoms with Crippen molar-refractivity contribution in [1.82, 2.24) is 10.2 Å². The molecule has 2 aliphatic heterocycles. The highest BCUT2D eigenvalue weighted by Crippen LogP contribution is 2.23. The number of hydrogen-bond donors (Lipinski definition) is 1. The molecule has 3 unspecified atom stereocenters. The van der Waals surface area contributed by atoms with Gasteiger partial charge >= 0.3 is 0 Å². The Morgan fingerprint density at radius 1 is 1.24 bits per heavy atom. The lowest BCUT2D eigenvalue weighted by Gasteiger charge is -2.36. The first-order chi connectivity index (χ1) is 8.25. The summed E-state index contributed by atoms with van der Waals surface area (Å²) in [4.78, 5) is 2.72. The molecular weight excluding hydrogens is 208 g/mol. The van der Waals surface area contributed by atoms with Gasteiger partial charge in [0.05, 0.1) is 0 Å². The van der Waals surface area contributed by atoms with Gasteiger partial charge in [0.25, 0.3) is 0 Å². The fourth-order valence-corrected chi connectivity index (χ4v) is 3.54. The second-order valence-electron chi connectivity index (χ2n) is 6.37. The Balaban J connectivity index is 1.61. The van der Waals surface area contributed by atoms with Crippen LogP contribution in [0.5, 0.6) is 0 Å². The van der Waals surface area contributed by atoms with E-state index >= 15 is 0 Å². The van der Waals surface area contributed by atoms with Gasteiger partial charge in [0.2, 0.25) is 0 Å². The first kappa shape index (κ1) is 13.4. The number of nitrogens with one attached hydrogen (secondary N) is 1. The van der Waals surface area contributed by atoms with Gasteiger partial charge in [0, 0.05) is 6.04 Å². The lowest BCUT2D eigenvalue weighted by molar-refractivity contribution is 0.124. The fourth-order valence-electron chi connectivity index (χ4n) is 3.54. The Kier molecular flexibility index (Phi) is 5.30. The summed E-state index contributed by atoms with van der Waals surface area (Å²) < 4.78 is 0. The molecule has 2 saturated heterocycles. The largest absolute Gasteiger partial charge is 0.316 e. The van der Waals surface area contributed by atoms with Crippen LogP contribution in [-0.4, -0.2) is 37.1 Å². The molecule has 2 nitrogen and oxygen atoms in total. The van der Waals surface area contributed by atoms with Crippen LogP contribution in [0.4, 0.5) is 0 Å². The summed E-state index contributed by atoms with van der Waals surface area (Å²) in [5.41, 5.74) is 0. The molecule has 0 radical (unpaired) electrons. The highest BCUT2D eigenvalue weighted by atomic mass is 15.2. The molecule has 100 valence electrons. The predicted octanol–water partition coefficient (Wildman–Crippen LogP) is 2.89. The molecule has 1 N–H and O–H groups in total. The minimum Gasteiger partial charge on any atom is -0.316 e. The van der Waals surface area contributed by atoms with Crippen LogP contribution in [0.1, 0.15) is 52.4 Å². The molecule has 3 atom stereocenters. The van der Waals surface area contributed by atoms with Crippen molar-refractivity contribution in [1.29, 1.82) is 0 Å². The molecule has 0 amide bonds. The van der Waals surface area contributed by atoms with Crippen LogP contribution in [-0.2, 0) is 0 Å². The zero-order chi connectivity index (χ0) is 12.1. The van der Waals surface area contributed by atoms with Gasteiger partial charge in [-0.05, 0) is 83.5 Å². The SMILES string of the molecule is CC1CCN(CCCC2CCCNC2)C(C)C1. The zero-order valence-electron chi connectivity index (χ0n) is 11.8. The summed E-state index contributed by atoms with van der Waals surface area (Å²) in [7, 11) is 0. The summed E-state index contributed by atoms with van der Waals surface area (Å²) in [6, 6.07) is 0.822. The summed E-state index contributed by atoms with van der Waals surface area (Å²) >= 11 is 0. The summed E-state index contributed by atoms with van der Waals surface area (Å²) in [6.07, 6.45) is 8.51. The Hall–Kier alpha value is -0.0800. The molecule has 0 bridgehead atoms. The van der Waals surface area contributed by atoms with E-state index < -0.39 is 0 Å². The van der Waals surface area contributed by atoms with E-state index in [4.69, 9.17) is 0 Å². The third-order valence-corrected chi connectivity index (χ3v) is 4.73. The molecule has 0 aromatic heterocycles. The van der Waals surface area contributed by atoms with E-state index in [2.05, 4.69) is 24.1 Å². The monoisotopic (exact) mass is 238 g/mol. The minimum absolute atomic E-state index is 0.822. The average molecular weight is 238 g/mol. The van der Waals surface area contributed by atoms with E-state index in [1.54, 1.807) is 0 Å². The van der Waals surface area contributed by atoms with Gasteiger partial charge in [-0.2, -0.15) is 0 Å². The van der Waals surface area contributed by atoms with Gasteiger partial charge in [-0.15, -0.1) is 0 Å². The lowest BCUT2D eigenvalue weighted by atomic mass is 9.92. The van der Waals surface area contributed by atoms with Gasteiger partial charge in [0.1, 0.15) is 0 Å². The Morgan fingerprint density at radius 2 is 2.12 bits per heavy atom. The standard InChI is InChI=1S/C15H30N2/c1-13-7-10-17(14(2)11-13)9-4-6-15-5-3-8-16-12-15/h13-16H,3-12H2,1-2H3. The normalized spacial score (nSPS) is 36.0. The first-order valence-corrected chi connectivity index (χ1v) is 7.70. The molecule has 2 fully saturated rings. The number of piperidine rings is 2. The topological polar surface area (TPSA) is 15.3 Å². The highest BCUT2D eigenvalue weighted by Gasteiger charge is 2.22. The maximum absolute atomic E-state index is 3.52. The molecule has 0 aliphatic carbocycles. The zero-order valence-corrected chi connectivity index (χ0v) is 11.8. The van der Waals surface area contributed by atoms with E-state index in [9.17, 15) is 0 Å². The van der Waals surface area contributed by atoms with Crippen molar-refractivity contribution in [3.05, 3.63) is 0 Å². The van der Waals surface area contributed by atoms with Crippen molar-refractivity contribution >= 4 is 0 Å². The molecule has 0 aromatic rings. The van der Waals surface area contributed by atoms with Crippen LogP contribution in [0.25, 0.3) is 0 Å². The average Bonchev–Trinajstić information content (AvgIpc) is 2.33. The number of rotatable bonds is 4. The number of hydrogen-bond acceptors (Lipinski definition) is 2. The van der Waals surface area contributed by atoms with Gasteiger partial charge in [0.15, 0.2) is 0 Å². The van der Waals surface area contributed by atoms with Crippen molar-refractivity contribution in [3.8, 4) is 0 Å². The first-order valence-electron chi connectivity index (χ1n) is 7.70. The summed E-state index contributed by atoms with van der Waals surface area (Å²) in [6.45, 7) is 10.0. The Bertz CT molecular complexity index is 211. The maximum Gasteiger partial charge on any atom is 0.00694 e. The van der Waals surface area contributed by atoms with Crippen LogP contribution >= 0.6 is 0 Å². The van der Waals surface area contributed by atoms with Crippen molar-refractivity contribution in [2.24, 2.45) is 11.8 Å². The fraction of sp³-hybridized carbons (Fsp3) is 1.00. The van der Waals surface area contributed by atoms with Crippen molar-refractivity contribution in [2.45, 2.75) is 58.4 Å². The molecule has 2 aliphatic rings. The lowest BCUT2D eigenvalue weighted by Crippen LogP contribution is -2.41. The van der Waals surface area contributed by atoms with E-state index in [0.717, 1.165) is 17.9 Å². The summed E-state index contributed by atoms with van der Waals surface area (Å²) in [5, 5.41) is 3.52. The smallest absolute Gasteiger partial charge is 0.00694 e. The quantitative estimate of drug-likeness (QED) is 0.810. The molecule has 0 spiro atoms. The van der Waals surface area contributed by atoms with Crippen LogP contribution in [0.3, 0.4) is 0 Å². The van der Waals surface area contributed by atoms with Gasteiger partial charge in [-0.25, -0.2) is 0 Å².